The minimum Gasteiger partial charge on any atom is -0.350 e. The largest absolute Gasteiger partial charge is 0.350 e. The van der Waals surface area contributed by atoms with Gasteiger partial charge in [0.25, 0.3) is 5.91 Å². The molecule has 1 saturated heterocycles. The Morgan fingerprint density at radius 1 is 1.45 bits per heavy atom. The number of amides is 1. The molecule has 1 aliphatic heterocycles. The highest BCUT2D eigenvalue weighted by molar-refractivity contribution is 6.06. The van der Waals surface area contributed by atoms with Crippen LogP contribution in [0.15, 0.2) is 6.07 Å². The summed E-state index contributed by atoms with van der Waals surface area (Å²) in [5, 5.41) is 5.08. The smallest absolute Gasteiger partial charge is 0.275 e. The number of nitrogens with one attached hydrogen (secondary N) is 1. The summed E-state index contributed by atoms with van der Waals surface area (Å²) in [6.45, 7) is 4.38. The number of hydroxylamine groups is 1. The Morgan fingerprint density at radius 3 is 3.00 bits per heavy atom. The van der Waals surface area contributed by atoms with Crippen molar-refractivity contribution in [2.45, 2.75) is 39.4 Å². The van der Waals surface area contributed by atoms with Crippen LogP contribution in [-0.2, 0) is 16.6 Å². The monoisotopic (exact) mass is 304 g/mol. The second-order valence-electron chi connectivity index (χ2n) is 5.56. The van der Waals surface area contributed by atoms with Crippen molar-refractivity contribution in [3.05, 3.63) is 23.0 Å². The molecule has 1 atom stereocenters. The lowest BCUT2D eigenvalue weighted by Crippen LogP contribution is -2.33. The van der Waals surface area contributed by atoms with Crippen LogP contribution >= 0.6 is 0 Å². The van der Waals surface area contributed by atoms with Crippen molar-refractivity contribution in [2.75, 3.05) is 6.61 Å². The molecule has 1 N–H and O–H groups in total. The maximum Gasteiger partial charge on any atom is 0.275 e. The Kier molecular flexibility index (Phi) is 4.08. The maximum atomic E-state index is 12.5. The van der Waals surface area contributed by atoms with Gasteiger partial charge in [-0.25, -0.2) is 15.3 Å². The minimum absolute atomic E-state index is 0.305. The first-order valence-corrected chi connectivity index (χ1v) is 7.45. The molecular weight excluding hydrogens is 284 g/mol. The third kappa shape index (κ3) is 2.82. The summed E-state index contributed by atoms with van der Waals surface area (Å²) < 4.78 is 7.12. The van der Waals surface area contributed by atoms with Gasteiger partial charge in [-0.15, -0.1) is 0 Å². The lowest BCUT2D eigenvalue weighted by molar-refractivity contribution is -0.186. The molecule has 1 aliphatic rings. The number of carbonyl (C=O) groups excluding carboxylic acids is 1. The molecule has 0 spiro atoms. The van der Waals surface area contributed by atoms with Gasteiger partial charge in [0.05, 0.1) is 16.6 Å². The number of ether oxygens (including phenoxy) is 1. The molecular formula is C15H20N4O3. The van der Waals surface area contributed by atoms with Gasteiger partial charge in [-0.3, -0.25) is 9.48 Å². The van der Waals surface area contributed by atoms with E-state index in [1.54, 1.807) is 10.7 Å². The Morgan fingerprint density at radius 2 is 2.27 bits per heavy atom. The van der Waals surface area contributed by atoms with Crippen molar-refractivity contribution in [1.29, 1.82) is 0 Å². The topological polar surface area (TPSA) is 78.3 Å². The molecule has 118 valence electrons. The van der Waals surface area contributed by atoms with Gasteiger partial charge in [0.15, 0.2) is 11.9 Å². The molecule has 1 amide bonds. The quantitative estimate of drug-likeness (QED) is 0.874. The first-order valence-electron chi connectivity index (χ1n) is 7.45. The standard InChI is InChI=1S/C15H20N4O3/c1-9-8-11(13-10(2)17-19(3)14(13)16-9)15(20)18-22-12-6-4-5-7-21-12/h8,12H,4-7H2,1-3H3,(H,18,20)/t12-/m1/s1. The molecule has 0 bridgehead atoms. The summed E-state index contributed by atoms with van der Waals surface area (Å²) in [6, 6.07) is 1.75. The number of nitrogens with zero attached hydrogens (tertiary/aromatic N) is 3. The fraction of sp³-hybridized carbons (Fsp3) is 0.533. The van der Waals surface area contributed by atoms with Crippen LogP contribution in [-0.4, -0.2) is 33.6 Å². The average molecular weight is 304 g/mol. The van der Waals surface area contributed by atoms with E-state index in [9.17, 15) is 4.79 Å². The summed E-state index contributed by atoms with van der Waals surface area (Å²) in [4.78, 5) is 22.3. The van der Waals surface area contributed by atoms with E-state index in [2.05, 4.69) is 15.6 Å². The van der Waals surface area contributed by atoms with Crippen molar-refractivity contribution < 1.29 is 14.4 Å². The Bertz CT molecular complexity index is 704. The fourth-order valence-corrected chi connectivity index (χ4v) is 2.73. The van der Waals surface area contributed by atoms with Crippen LogP contribution in [0.25, 0.3) is 11.0 Å². The maximum absolute atomic E-state index is 12.5. The van der Waals surface area contributed by atoms with E-state index in [0.29, 0.717) is 17.8 Å². The highest BCUT2D eigenvalue weighted by atomic mass is 16.8. The van der Waals surface area contributed by atoms with E-state index in [1.807, 2.05) is 20.9 Å². The predicted molar refractivity (Wildman–Crippen MR) is 80.1 cm³/mol. The lowest BCUT2D eigenvalue weighted by atomic mass is 10.1. The molecule has 0 radical (unpaired) electrons. The number of carbonyl (C=O) groups is 1. The summed E-state index contributed by atoms with van der Waals surface area (Å²) in [5.74, 6) is -0.305. The summed E-state index contributed by atoms with van der Waals surface area (Å²) >= 11 is 0. The first kappa shape index (κ1) is 14.9. The van der Waals surface area contributed by atoms with Gasteiger partial charge < -0.3 is 4.74 Å². The molecule has 1 fully saturated rings. The van der Waals surface area contributed by atoms with Gasteiger partial charge in [0, 0.05) is 25.8 Å². The van der Waals surface area contributed by atoms with Gasteiger partial charge in [0.2, 0.25) is 0 Å². The van der Waals surface area contributed by atoms with E-state index < -0.39 is 0 Å². The molecule has 0 aliphatic carbocycles. The molecule has 2 aromatic rings. The molecule has 22 heavy (non-hydrogen) atoms. The Balaban J connectivity index is 1.84. The minimum atomic E-state index is -0.369. The van der Waals surface area contributed by atoms with Crippen LogP contribution in [0, 0.1) is 13.8 Å². The molecule has 3 heterocycles. The van der Waals surface area contributed by atoms with Crippen LogP contribution in [0.2, 0.25) is 0 Å². The third-order valence-corrected chi connectivity index (χ3v) is 3.76. The average Bonchev–Trinajstić information content (AvgIpc) is 2.79. The van der Waals surface area contributed by atoms with E-state index in [1.165, 1.54) is 0 Å². The van der Waals surface area contributed by atoms with Gasteiger partial charge in [0.1, 0.15) is 0 Å². The number of aryl methyl sites for hydroxylation is 3. The number of hydrogen-bond acceptors (Lipinski definition) is 5. The molecule has 0 unspecified atom stereocenters. The van der Waals surface area contributed by atoms with Crippen LogP contribution in [0.3, 0.4) is 0 Å². The van der Waals surface area contributed by atoms with Crippen molar-refractivity contribution >= 4 is 16.9 Å². The number of aromatic nitrogens is 3. The Hall–Kier alpha value is -1.99. The molecule has 0 aromatic carbocycles. The van der Waals surface area contributed by atoms with Gasteiger partial charge >= 0.3 is 0 Å². The molecule has 3 rings (SSSR count). The van der Waals surface area contributed by atoms with Gasteiger partial charge in [-0.05, 0) is 32.8 Å². The number of rotatable bonds is 3. The van der Waals surface area contributed by atoms with Crippen molar-refractivity contribution in [3.63, 3.8) is 0 Å². The SMILES string of the molecule is Cc1cc(C(=O)NO[C@@H]2CCCCO2)c2c(C)nn(C)c2n1. The van der Waals surface area contributed by atoms with Crippen LogP contribution in [0.4, 0.5) is 0 Å². The lowest BCUT2D eigenvalue weighted by Gasteiger charge is -2.22. The van der Waals surface area contributed by atoms with E-state index in [-0.39, 0.29) is 12.2 Å². The first-order chi connectivity index (χ1) is 10.6. The second-order valence-corrected chi connectivity index (χ2v) is 5.56. The van der Waals surface area contributed by atoms with Gasteiger partial charge in [-0.2, -0.15) is 5.10 Å². The van der Waals surface area contributed by atoms with E-state index >= 15 is 0 Å². The number of pyridine rings is 1. The highest BCUT2D eigenvalue weighted by Crippen LogP contribution is 2.21. The van der Waals surface area contributed by atoms with Crippen molar-refractivity contribution in [3.8, 4) is 0 Å². The number of fused-ring (bicyclic) bond motifs is 1. The summed E-state index contributed by atoms with van der Waals surface area (Å²) in [6.07, 6.45) is 2.50. The van der Waals surface area contributed by atoms with Crippen LogP contribution in [0.1, 0.15) is 41.0 Å². The zero-order valence-electron chi connectivity index (χ0n) is 13.0. The number of hydrogen-bond donors (Lipinski definition) is 1. The van der Waals surface area contributed by atoms with Crippen LogP contribution < -0.4 is 5.48 Å². The zero-order chi connectivity index (χ0) is 15.7. The predicted octanol–water partition coefficient (Wildman–Crippen LogP) is 1.77. The third-order valence-electron chi connectivity index (χ3n) is 3.76. The molecule has 0 saturated carbocycles. The van der Waals surface area contributed by atoms with Crippen LogP contribution in [0.5, 0.6) is 0 Å². The molecule has 7 heteroatoms. The van der Waals surface area contributed by atoms with Crippen molar-refractivity contribution in [2.24, 2.45) is 7.05 Å². The summed E-state index contributed by atoms with van der Waals surface area (Å²) in [5.41, 5.74) is 5.23. The van der Waals surface area contributed by atoms with E-state index in [4.69, 9.17) is 9.57 Å². The highest BCUT2D eigenvalue weighted by Gasteiger charge is 2.20. The normalized spacial score (nSPS) is 18.6. The molecule has 7 nitrogen and oxygen atoms in total. The zero-order valence-corrected chi connectivity index (χ0v) is 13.0. The van der Waals surface area contributed by atoms with E-state index in [0.717, 1.165) is 36.0 Å². The Labute approximate surface area is 128 Å². The van der Waals surface area contributed by atoms with Crippen molar-refractivity contribution in [1.82, 2.24) is 20.2 Å². The summed E-state index contributed by atoms with van der Waals surface area (Å²) in [7, 11) is 1.82. The fourth-order valence-electron chi connectivity index (χ4n) is 2.73. The molecule has 2 aromatic heterocycles. The van der Waals surface area contributed by atoms with Gasteiger partial charge in [-0.1, -0.05) is 0 Å². The second kappa shape index (κ2) is 6.02.